The SMILES string of the molecule is CCC[C@@H](CCO[Si](c1ccccc1)(c1ccccc1)C(C)(C)C)Nc1nc(N)nc2c(C)nn(Cc3ccc(CCl)cc3OC)c12. The van der Waals surface area contributed by atoms with Crippen molar-refractivity contribution in [2.75, 3.05) is 24.8 Å². The van der Waals surface area contributed by atoms with Gasteiger partial charge in [0.2, 0.25) is 5.95 Å². The van der Waals surface area contributed by atoms with E-state index < -0.39 is 8.32 Å². The predicted molar refractivity (Wildman–Crippen MR) is 197 cm³/mol. The number of alkyl halides is 1. The topological polar surface area (TPSA) is 100 Å². The average molecular weight is 671 g/mol. The smallest absolute Gasteiger partial charge is 0.261 e. The van der Waals surface area contributed by atoms with Crippen LogP contribution in [0.15, 0.2) is 78.9 Å². The molecule has 10 heteroatoms. The second-order valence-corrected chi connectivity index (χ2v) is 17.7. The fourth-order valence-electron chi connectivity index (χ4n) is 6.57. The average Bonchev–Trinajstić information content (AvgIpc) is 3.37. The molecule has 0 saturated heterocycles. The number of fused-ring (bicyclic) bond motifs is 1. The van der Waals surface area contributed by atoms with Gasteiger partial charge in [0, 0.05) is 24.1 Å². The Balaban J connectivity index is 1.46. The van der Waals surface area contributed by atoms with Crippen LogP contribution in [-0.2, 0) is 16.9 Å². The van der Waals surface area contributed by atoms with E-state index in [4.69, 9.17) is 36.6 Å². The molecule has 47 heavy (non-hydrogen) atoms. The van der Waals surface area contributed by atoms with E-state index >= 15 is 0 Å². The van der Waals surface area contributed by atoms with E-state index in [1.807, 2.05) is 29.8 Å². The van der Waals surface area contributed by atoms with E-state index in [2.05, 4.69) is 98.7 Å². The molecule has 2 heterocycles. The lowest BCUT2D eigenvalue weighted by atomic mass is 10.1. The van der Waals surface area contributed by atoms with Crippen LogP contribution in [0.2, 0.25) is 5.04 Å². The Labute approximate surface area is 284 Å². The minimum Gasteiger partial charge on any atom is -0.496 e. The molecule has 3 aromatic carbocycles. The number of halogens is 1. The van der Waals surface area contributed by atoms with Crippen molar-refractivity contribution in [2.24, 2.45) is 0 Å². The van der Waals surface area contributed by atoms with Crippen LogP contribution in [0.4, 0.5) is 11.8 Å². The lowest BCUT2D eigenvalue weighted by molar-refractivity contribution is 0.281. The monoisotopic (exact) mass is 670 g/mol. The van der Waals surface area contributed by atoms with Crippen LogP contribution >= 0.6 is 11.6 Å². The van der Waals surface area contributed by atoms with Gasteiger partial charge in [0.05, 0.1) is 19.3 Å². The lowest BCUT2D eigenvalue weighted by Gasteiger charge is -2.43. The summed E-state index contributed by atoms with van der Waals surface area (Å²) < 4.78 is 14.9. The van der Waals surface area contributed by atoms with Gasteiger partial charge in [0.25, 0.3) is 8.32 Å². The number of nitrogens with one attached hydrogen (secondary N) is 1. The van der Waals surface area contributed by atoms with Gasteiger partial charge in [-0.15, -0.1) is 11.6 Å². The van der Waals surface area contributed by atoms with Gasteiger partial charge >= 0.3 is 0 Å². The number of nitrogen functional groups attached to an aromatic ring is 1. The Morgan fingerprint density at radius 1 is 0.957 bits per heavy atom. The van der Waals surface area contributed by atoms with Gasteiger partial charge in [0.1, 0.15) is 16.8 Å². The van der Waals surface area contributed by atoms with Crippen LogP contribution in [0.3, 0.4) is 0 Å². The first-order valence-electron chi connectivity index (χ1n) is 16.3. The Morgan fingerprint density at radius 2 is 1.62 bits per heavy atom. The Hall–Kier alpha value is -3.92. The maximum absolute atomic E-state index is 7.24. The van der Waals surface area contributed by atoms with Gasteiger partial charge in [-0.3, -0.25) is 4.68 Å². The van der Waals surface area contributed by atoms with Crippen molar-refractivity contribution in [2.45, 2.75) is 77.4 Å². The highest BCUT2D eigenvalue weighted by Gasteiger charge is 2.50. The fourth-order valence-corrected chi connectivity index (χ4v) is 11.3. The quantitative estimate of drug-likeness (QED) is 0.0964. The van der Waals surface area contributed by atoms with Crippen molar-refractivity contribution in [3.05, 3.63) is 95.7 Å². The molecule has 0 radical (unpaired) electrons. The third-order valence-corrected chi connectivity index (χ3v) is 14.1. The zero-order valence-corrected chi connectivity index (χ0v) is 30.1. The summed E-state index contributed by atoms with van der Waals surface area (Å²) in [4.78, 5) is 9.30. The van der Waals surface area contributed by atoms with Crippen LogP contribution in [-0.4, -0.2) is 47.8 Å². The van der Waals surface area contributed by atoms with E-state index in [-0.39, 0.29) is 17.0 Å². The first-order chi connectivity index (χ1) is 22.6. The molecule has 3 N–H and O–H groups in total. The number of hydrogen-bond acceptors (Lipinski definition) is 7. The summed E-state index contributed by atoms with van der Waals surface area (Å²) in [7, 11) is -0.985. The number of methoxy groups -OCH3 is 1. The summed E-state index contributed by atoms with van der Waals surface area (Å²) in [5.74, 6) is 2.07. The van der Waals surface area contributed by atoms with Crippen molar-refractivity contribution in [1.29, 1.82) is 0 Å². The van der Waals surface area contributed by atoms with Crippen LogP contribution in [0, 0.1) is 6.92 Å². The van der Waals surface area contributed by atoms with Gasteiger partial charge in [0.15, 0.2) is 5.82 Å². The van der Waals surface area contributed by atoms with E-state index in [1.54, 1.807) is 7.11 Å². The molecule has 0 bridgehead atoms. The second-order valence-electron chi connectivity index (χ2n) is 13.1. The maximum Gasteiger partial charge on any atom is 0.261 e. The van der Waals surface area contributed by atoms with E-state index in [9.17, 15) is 0 Å². The number of nitrogens with two attached hydrogens (primary N) is 1. The number of benzene rings is 3. The molecule has 0 amide bonds. The lowest BCUT2D eigenvalue weighted by Crippen LogP contribution is -2.66. The molecule has 248 valence electrons. The molecule has 5 aromatic rings. The molecular formula is C37H47ClN6O2Si. The highest BCUT2D eigenvalue weighted by atomic mass is 35.5. The minimum atomic E-state index is -2.66. The number of anilines is 2. The third-order valence-electron chi connectivity index (χ3n) is 8.78. The molecule has 0 aliphatic rings. The first kappa shape index (κ1) is 34.4. The molecule has 0 spiro atoms. The van der Waals surface area contributed by atoms with Crippen LogP contribution in [0.25, 0.3) is 11.0 Å². The maximum atomic E-state index is 7.24. The van der Waals surface area contributed by atoms with E-state index in [1.165, 1.54) is 10.4 Å². The van der Waals surface area contributed by atoms with Crippen molar-refractivity contribution in [1.82, 2.24) is 19.7 Å². The van der Waals surface area contributed by atoms with Crippen molar-refractivity contribution in [3.8, 4) is 5.75 Å². The molecule has 0 fully saturated rings. The number of ether oxygens (including phenoxy) is 1. The summed E-state index contributed by atoms with van der Waals surface area (Å²) in [6.45, 7) is 12.1. The standard InChI is InChI=1S/C37H47ClN6O2Si/c1-7-14-29(21-22-46-47(37(3,4)5,30-15-10-8-11-16-30)31-17-12-9-13-18-31)40-35-34-33(41-36(39)42-35)26(2)43-44(34)25-28-20-19-27(24-38)23-32(28)45-6/h8-13,15-20,23,29H,7,14,21-22,24-25H2,1-6H3,(H3,39,40,41,42)/t29-/m0/s1. The molecular weight excluding hydrogens is 624 g/mol. The number of nitrogens with zero attached hydrogens (tertiary/aromatic N) is 4. The molecule has 0 unspecified atom stereocenters. The molecule has 0 aliphatic heterocycles. The minimum absolute atomic E-state index is 0.0935. The highest BCUT2D eigenvalue weighted by molar-refractivity contribution is 6.99. The van der Waals surface area contributed by atoms with Gasteiger partial charge in [-0.1, -0.05) is 107 Å². The van der Waals surface area contributed by atoms with Crippen molar-refractivity contribution < 1.29 is 9.16 Å². The van der Waals surface area contributed by atoms with Crippen LogP contribution in [0.5, 0.6) is 5.75 Å². The second kappa shape index (κ2) is 14.9. The highest BCUT2D eigenvalue weighted by Crippen LogP contribution is 2.37. The molecule has 5 rings (SSSR count). The number of aryl methyl sites for hydroxylation is 1. The fraction of sp³-hybridized carbons (Fsp3) is 0.378. The Bertz CT molecular complexity index is 1740. The molecule has 8 nitrogen and oxygen atoms in total. The summed E-state index contributed by atoms with van der Waals surface area (Å²) >= 11 is 6.09. The van der Waals surface area contributed by atoms with E-state index in [0.29, 0.717) is 24.8 Å². The summed E-state index contributed by atoms with van der Waals surface area (Å²) in [6.07, 6.45) is 2.74. The summed E-state index contributed by atoms with van der Waals surface area (Å²) in [5, 5.41) is 11.1. The molecule has 0 saturated carbocycles. The molecule has 1 atom stereocenters. The Kier molecular flexibility index (Phi) is 10.9. The number of hydrogen-bond donors (Lipinski definition) is 2. The Morgan fingerprint density at radius 3 is 2.19 bits per heavy atom. The van der Waals surface area contributed by atoms with Gasteiger partial charge < -0.3 is 20.2 Å². The predicted octanol–water partition coefficient (Wildman–Crippen LogP) is 7.06. The third kappa shape index (κ3) is 7.32. The number of rotatable bonds is 14. The van der Waals surface area contributed by atoms with Crippen molar-refractivity contribution in [3.63, 3.8) is 0 Å². The summed E-state index contributed by atoms with van der Waals surface area (Å²) in [6, 6.07) is 27.7. The van der Waals surface area contributed by atoms with Crippen LogP contribution < -0.4 is 26.2 Å². The molecule has 2 aromatic heterocycles. The van der Waals surface area contributed by atoms with Gasteiger partial charge in [-0.05, 0) is 46.8 Å². The zero-order valence-electron chi connectivity index (χ0n) is 28.4. The first-order valence-corrected chi connectivity index (χ1v) is 18.8. The van der Waals surface area contributed by atoms with Crippen LogP contribution in [0.1, 0.15) is 63.8 Å². The normalized spacial score (nSPS) is 12.7. The van der Waals surface area contributed by atoms with Crippen molar-refractivity contribution >= 4 is 53.1 Å². The zero-order chi connectivity index (χ0) is 33.6. The van der Waals surface area contributed by atoms with E-state index in [0.717, 1.165) is 52.9 Å². The molecule has 0 aliphatic carbocycles. The number of aromatic nitrogens is 4. The summed E-state index contributed by atoms with van der Waals surface area (Å²) in [5.41, 5.74) is 10.6. The largest absolute Gasteiger partial charge is 0.496 e. The van der Waals surface area contributed by atoms with Gasteiger partial charge in [-0.25, -0.2) is 4.98 Å². The van der Waals surface area contributed by atoms with Gasteiger partial charge in [-0.2, -0.15) is 10.1 Å².